The molecule has 1 heterocycles. The van der Waals surface area contributed by atoms with Gasteiger partial charge in [-0.2, -0.15) is 0 Å². The van der Waals surface area contributed by atoms with Crippen molar-refractivity contribution in [1.29, 1.82) is 0 Å². The normalized spacial score (nSPS) is 10.4. The van der Waals surface area contributed by atoms with Crippen molar-refractivity contribution >= 4 is 40.6 Å². The van der Waals surface area contributed by atoms with E-state index in [1.54, 1.807) is 31.4 Å². The number of rotatable bonds is 7. The second-order valence-electron chi connectivity index (χ2n) is 4.64. The summed E-state index contributed by atoms with van der Waals surface area (Å²) in [7, 11) is 1.62. The second kappa shape index (κ2) is 8.67. The molecule has 1 amide bonds. The quantitative estimate of drug-likeness (QED) is 0.746. The van der Waals surface area contributed by atoms with E-state index in [2.05, 4.69) is 20.6 Å². The lowest BCUT2D eigenvalue weighted by Gasteiger charge is -2.09. The van der Waals surface area contributed by atoms with E-state index < -0.39 is 0 Å². The molecule has 0 spiro atoms. The van der Waals surface area contributed by atoms with Gasteiger partial charge in [0.15, 0.2) is 0 Å². The van der Waals surface area contributed by atoms with Crippen molar-refractivity contribution in [3.63, 3.8) is 0 Å². The van der Waals surface area contributed by atoms with Gasteiger partial charge in [-0.25, -0.2) is 9.97 Å². The summed E-state index contributed by atoms with van der Waals surface area (Å²) in [5.41, 5.74) is 0.863. The molecule has 0 aliphatic rings. The van der Waals surface area contributed by atoms with Gasteiger partial charge in [-0.3, -0.25) is 4.79 Å². The van der Waals surface area contributed by atoms with Gasteiger partial charge in [0.1, 0.15) is 17.8 Å². The molecule has 0 radical (unpaired) electrons. The van der Waals surface area contributed by atoms with Crippen molar-refractivity contribution in [2.45, 2.75) is 6.42 Å². The van der Waals surface area contributed by atoms with Crippen LogP contribution in [-0.4, -0.2) is 36.1 Å². The minimum Gasteiger partial charge on any atom is -0.385 e. The molecule has 0 atom stereocenters. The number of benzene rings is 1. The zero-order chi connectivity index (χ0) is 16.7. The molecule has 0 bridgehead atoms. The van der Waals surface area contributed by atoms with Gasteiger partial charge in [-0.05, 0) is 24.6 Å². The van der Waals surface area contributed by atoms with Crippen LogP contribution in [0.2, 0.25) is 10.0 Å². The minimum atomic E-state index is -0.274. The number of nitrogens with one attached hydrogen (secondary N) is 2. The van der Waals surface area contributed by atoms with Gasteiger partial charge in [0.25, 0.3) is 5.91 Å². The maximum absolute atomic E-state index is 12.0. The average molecular weight is 355 g/mol. The summed E-state index contributed by atoms with van der Waals surface area (Å²) in [6.07, 6.45) is 2.04. The predicted octanol–water partition coefficient (Wildman–Crippen LogP) is 3.29. The molecule has 6 nitrogen and oxygen atoms in total. The average Bonchev–Trinajstić information content (AvgIpc) is 2.55. The van der Waals surface area contributed by atoms with E-state index in [0.717, 1.165) is 6.42 Å². The number of carbonyl (C=O) groups is 1. The Balaban J connectivity index is 2.04. The molecule has 8 heteroatoms. The second-order valence-corrected chi connectivity index (χ2v) is 5.48. The van der Waals surface area contributed by atoms with Gasteiger partial charge in [-0.15, -0.1) is 0 Å². The summed E-state index contributed by atoms with van der Waals surface area (Å²) in [5, 5.41) is 6.82. The lowest BCUT2D eigenvalue weighted by molar-refractivity contribution is 0.0943. The number of carbonyl (C=O) groups excluding carboxylic acids is 1. The SMILES string of the molecule is COCCCNC(=O)c1cc(Nc2cc(Cl)ccc2Cl)ncn1. The number of hydrogen-bond donors (Lipinski definition) is 2. The van der Waals surface area contributed by atoms with Crippen LogP contribution in [-0.2, 0) is 4.74 Å². The Labute approximate surface area is 144 Å². The lowest BCUT2D eigenvalue weighted by atomic mass is 10.3. The van der Waals surface area contributed by atoms with Crippen LogP contribution in [0.15, 0.2) is 30.6 Å². The van der Waals surface area contributed by atoms with E-state index in [1.165, 1.54) is 6.33 Å². The fraction of sp³-hybridized carbons (Fsp3) is 0.267. The molecule has 0 saturated heterocycles. The molecule has 0 saturated carbocycles. The molecule has 2 N–H and O–H groups in total. The highest BCUT2D eigenvalue weighted by molar-refractivity contribution is 6.35. The predicted molar refractivity (Wildman–Crippen MR) is 90.6 cm³/mol. The van der Waals surface area contributed by atoms with Gasteiger partial charge in [0.2, 0.25) is 0 Å². The molecule has 0 aliphatic carbocycles. The lowest BCUT2D eigenvalue weighted by Crippen LogP contribution is -2.26. The Morgan fingerprint density at radius 2 is 2.09 bits per heavy atom. The van der Waals surface area contributed by atoms with Gasteiger partial charge in [0, 0.05) is 31.4 Å². The van der Waals surface area contributed by atoms with Crippen LogP contribution >= 0.6 is 23.2 Å². The van der Waals surface area contributed by atoms with E-state index in [4.69, 9.17) is 27.9 Å². The molecule has 0 fully saturated rings. The Hall–Kier alpha value is -1.89. The van der Waals surface area contributed by atoms with Gasteiger partial charge >= 0.3 is 0 Å². The van der Waals surface area contributed by atoms with Crippen molar-refractivity contribution in [1.82, 2.24) is 15.3 Å². The number of methoxy groups -OCH3 is 1. The molecule has 0 unspecified atom stereocenters. The first kappa shape index (κ1) is 17.5. The number of hydrogen-bond acceptors (Lipinski definition) is 5. The van der Waals surface area contributed by atoms with Crippen molar-refractivity contribution in [2.24, 2.45) is 0 Å². The van der Waals surface area contributed by atoms with Crippen LogP contribution in [0.3, 0.4) is 0 Å². The largest absolute Gasteiger partial charge is 0.385 e. The summed E-state index contributed by atoms with van der Waals surface area (Å²) < 4.78 is 4.93. The molecule has 1 aromatic heterocycles. The van der Waals surface area contributed by atoms with E-state index in [-0.39, 0.29) is 11.6 Å². The van der Waals surface area contributed by atoms with E-state index in [9.17, 15) is 4.79 Å². The third-order valence-electron chi connectivity index (χ3n) is 2.90. The van der Waals surface area contributed by atoms with Crippen LogP contribution < -0.4 is 10.6 Å². The minimum absolute atomic E-state index is 0.262. The Kier molecular flexibility index (Phi) is 6.58. The van der Waals surface area contributed by atoms with Crippen molar-refractivity contribution < 1.29 is 9.53 Å². The van der Waals surface area contributed by atoms with Crippen LogP contribution in [0.25, 0.3) is 0 Å². The summed E-state index contributed by atoms with van der Waals surface area (Å²) in [5.74, 6) is 0.176. The number of amides is 1. The number of nitrogens with zero attached hydrogens (tertiary/aromatic N) is 2. The van der Waals surface area contributed by atoms with E-state index >= 15 is 0 Å². The molecule has 0 aliphatic heterocycles. The number of aromatic nitrogens is 2. The molecule has 2 aromatic rings. The zero-order valence-electron chi connectivity index (χ0n) is 12.5. The standard InChI is InChI=1S/C15H16Cl2N4O2/c1-23-6-2-5-18-15(22)13-8-14(20-9-19-13)21-12-7-10(16)3-4-11(12)17/h3-4,7-9H,2,5-6H2,1H3,(H,18,22)(H,19,20,21). The molecular formula is C15H16Cl2N4O2. The summed E-state index contributed by atoms with van der Waals surface area (Å²) in [4.78, 5) is 20.1. The number of anilines is 2. The Morgan fingerprint density at radius 1 is 1.26 bits per heavy atom. The first-order valence-corrected chi connectivity index (χ1v) is 7.67. The topological polar surface area (TPSA) is 76.1 Å². The van der Waals surface area contributed by atoms with Crippen LogP contribution in [0, 0.1) is 0 Å². The molecular weight excluding hydrogens is 339 g/mol. The number of halogens is 2. The first-order chi connectivity index (χ1) is 11.1. The highest BCUT2D eigenvalue weighted by Gasteiger charge is 2.09. The monoisotopic (exact) mass is 354 g/mol. The van der Waals surface area contributed by atoms with E-state index in [1.807, 2.05) is 0 Å². The van der Waals surface area contributed by atoms with Crippen molar-refractivity contribution in [3.05, 3.63) is 46.3 Å². The number of ether oxygens (including phenoxy) is 1. The Morgan fingerprint density at radius 3 is 2.87 bits per heavy atom. The summed E-state index contributed by atoms with van der Waals surface area (Å²) >= 11 is 12.0. The highest BCUT2D eigenvalue weighted by atomic mass is 35.5. The maximum Gasteiger partial charge on any atom is 0.270 e. The fourth-order valence-corrected chi connectivity index (χ4v) is 2.13. The molecule has 23 heavy (non-hydrogen) atoms. The molecule has 2 rings (SSSR count). The first-order valence-electron chi connectivity index (χ1n) is 6.91. The summed E-state index contributed by atoms with van der Waals surface area (Å²) in [6.45, 7) is 1.10. The van der Waals surface area contributed by atoms with E-state index in [0.29, 0.717) is 34.7 Å². The van der Waals surface area contributed by atoms with Gasteiger partial charge < -0.3 is 15.4 Å². The van der Waals surface area contributed by atoms with Crippen LogP contribution in [0.1, 0.15) is 16.9 Å². The smallest absolute Gasteiger partial charge is 0.270 e. The highest BCUT2D eigenvalue weighted by Crippen LogP contribution is 2.27. The maximum atomic E-state index is 12.0. The molecule has 1 aromatic carbocycles. The van der Waals surface area contributed by atoms with Crippen LogP contribution in [0.5, 0.6) is 0 Å². The van der Waals surface area contributed by atoms with Gasteiger partial charge in [-0.1, -0.05) is 23.2 Å². The third kappa shape index (κ3) is 5.35. The van der Waals surface area contributed by atoms with Crippen LogP contribution in [0.4, 0.5) is 11.5 Å². The fourth-order valence-electron chi connectivity index (χ4n) is 1.79. The van der Waals surface area contributed by atoms with Crippen molar-refractivity contribution in [2.75, 3.05) is 25.6 Å². The Bertz CT molecular complexity index is 682. The summed E-state index contributed by atoms with van der Waals surface area (Å²) in [6, 6.07) is 6.59. The van der Waals surface area contributed by atoms with Gasteiger partial charge in [0.05, 0.1) is 10.7 Å². The molecule has 122 valence electrons. The third-order valence-corrected chi connectivity index (χ3v) is 3.47. The zero-order valence-corrected chi connectivity index (χ0v) is 14.0. The van der Waals surface area contributed by atoms with Crippen molar-refractivity contribution in [3.8, 4) is 0 Å².